The minimum atomic E-state index is -0.246. The third-order valence-electron chi connectivity index (χ3n) is 11.8. The lowest BCUT2D eigenvalue weighted by Crippen LogP contribution is -2.22. The molecule has 0 saturated carbocycles. The summed E-state index contributed by atoms with van der Waals surface area (Å²) in [4.78, 5) is 10.3. The summed E-state index contributed by atoms with van der Waals surface area (Å²) in [6.45, 7) is 2.37. The second kappa shape index (κ2) is 13.1. The van der Waals surface area contributed by atoms with E-state index in [9.17, 15) is 0 Å². The molecule has 0 saturated heterocycles. The number of furan rings is 1. The van der Waals surface area contributed by atoms with Gasteiger partial charge in [-0.05, 0) is 87.3 Å². The predicted octanol–water partition coefficient (Wildman–Crippen LogP) is 14.0. The largest absolute Gasteiger partial charge is 0.456 e. The molecule has 0 amide bonds. The van der Waals surface area contributed by atoms with Crippen molar-refractivity contribution in [1.29, 1.82) is 0 Å². The Bertz CT molecular complexity index is 3130. The molecule has 11 rings (SSSR count). The maximum atomic E-state index is 6.24. The van der Waals surface area contributed by atoms with Crippen LogP contribution in [0.4, 0.5) is 0 Å². The van der Waals surface area contributed by atoms with Crippen molar-refractivity contribution >= 4 is 21.9 Å². The fourth-order valence-corrected chi connectivity index (χ4v) is 8.91. The summed E-state index contributed by atoms with van der Waals surface area (Å²) in [5.41, 5.74) is 17.5. The van der Waals surface area contributed by atoms with Gasteiger partial charge in [-0.3, -0.25) is 0 Å². The molecule has 57 heavy (non-hydrogen) atoms. The van der Waals surface area contributed by atoms with Gasteiger partial charge in [0.2, 0.25) is 0 Å². The first-order chi connectivity index (χ1) is 28.1. The van der Waals surface area contributed by atoms with E-state index in [1.807, 2.05) is 36.4 Å². The summed E-state index contributed by atoms with van der Waals surface area (Å²) < 4.78 is 6.24. The number of para-hydroxylation sites is 1. The normalized spacial score (nSPS) is 14.5. The summed E-state index contributed by atoms with van der Waals surface area (Å²) in [5, 5.41) is 2.24. The molecule has 0 radical (unpaired) electrons. The second-order valence-corrected chi connectivity index (χ2v) is 15.1. The van der Waals surface area contributed by atoms with Crippen LogP contribution in [0.25, 0.3) is 89.2 Å². The summed E-state index contributed by atoms with van der Waals surface area (Å²) in [6.07, 6.45) is 0. The Morgan fingerprint density at radius 1 is 0.386 bits per heavy atom. The fraction of sp³-hybridized carbons (Fsp3) is 0.0370. The minimum Gasteiger partial charge on any atom is -0.456 e. The molecule has 0 spiro atoms. The van der Waals surface area contributed by atoms with Crippen LogP contribution in [0.1, 0.15) is 23.6 Å². The third-order valence-corrected chi connectivity index (χ3v) is 11.8. The van der Waals surface area contributed by atoms with E-state index in [1.165, 1.54) is 38.9 Å². The van der Waals surface area contributed by atoms with Crippen LogP contribution in [0.2, 0.25) is 0 Å². The Morgan fingerprint density at radius 3 is 1.82 bits per heavy atom. The molecule has 268 valence electrons. The van der Waals surface area contributed by atoms with E-state index >= 15 is 0 Å². The number of benzene rings is 8. The average molecular weight is 729 g/mol. The highest BCUT2D eigenvalue weighted by Gasteiger charge is 2.40. The van der Waals surface area contributed by atoms with Crippen molar-refractivity contribution in [1.82, 2.24) is 9.97 Å². The number of rotatable bonds is 6. The first-order valence-corrected chi connectivity index (χ1v) is 19.5. The first-order valence-electron chi connectivity index (χ1n) is 19.5. The molecule has 1 atom stereocenters. The lowest BCUT2D eigenvalue weighted by Gasteiger charge is -2.28. The van der Waals surface area contributed by atoms with E-state index in [-0.39, 0.29) is 5.41 Å². The lowest BCUT2D eigenvalue weighted by molar-refractivity contribution is 0.669. The highest BCUT2D eigenvalue weighted by molar-refractivity contribution is 6.12. The summed E-state index contributed by atoms with van der Waals surface area (Å²) in [6, 6.07) is 71.1. The molecule has 8 aromatic carbocycles. The van der Waals surface area contributed by atoms with Crippen molar-refractivity contribution < 1.29 is 4.42 Å². The van der Waals surface area contributed by atoms with Crippen molar-refractivity contribution in [3.05, 3.63) is 217 Å². The molecule has 2 aromatic heterocycles. The molecule has 3 heteroatoms. The molecule has 0 fully saturated rings. The van der Waals surface area contributed by atoms with Crippen LogP contribution in [-0.2, 0) is 5.41 Å². The van der Waals surface area contributed by atoms with E-state index in [0.29, 0.717) is 5.82 Å². The van der Waals surface area contributed by atoms with Crippen LogP contribution in [0.3, 0.4) is 0 Å². The molecule has 0 N–H and O–H groups in total. The zero-order valence-electron chi connectivity index (χ0n) is 31.4. The second-order valence-electron chi connectivity index (χ2n) is 15.1. The van der Waals surface area contributed by atoms with Crippen LogP contribution >= 0.6 is 0 Å². The van der Waals surface area contributed by atoms with E-state index in [0.717, 1.165) is 61.1 Å². The Morgan fingerprint density at radius 2 is 0.982 bits per heavy atom. The Hall–Kier alpha value is -7.36. The first kappa shape index (κ1) is 33.0. The van der Waals surface area contributed by atoms with Gasteiger partial charge in [0.1, 0.15) is 11.2 Å². The number of nitrogens with zero attached hydrogens (tertiary/aromatic N) is 2. The Labute approximate surface area is 331 Å². The van der Waals surface area contributed by atoms with Gasteiger partial charge in [0, 0.05) is 32.9 Å². The van der Waals surface area contributed by atoms with E-state index in [2.05, 4.69) is 171 Å². The third kappa shape index (κ3) is 5.43. The molecule has 1 aliphatic rings. The zero-order chi connectivity index (χ0) is 37.9. The van der Waals surface area contributed by atoms with Crippen LogP contribution in [0.5, 0.6) is 0 Å². The monoisotopic (exact) mass is 728 g/mol. The van der Waals surface area contributed by atoms with Gasteiger partial charge in [-0.2, -0.15) is 0 Å². The number of hydrogen-bond acceptors (Lipinski definition) is 3. The van der Waals surface area contributed by atoms with Gasteiger partial charge < -0.3 is 4.42 Å². The standard InChI is InChI=1S/C54H36N2O/c1-54(41-18-6-3-7-19-41)46-23-10-8-20-43(46)44-31-30-38(33-47(44)54)35-26-28-36(29-27-35)48-34-49(56-53(55-48)37-14-4-2-5-15-37)40-17-12-16-39(32-40)42-22-13-25-51-52(42)45-21-9-11-24-50(45)57-51/h2-34H,1H3. The molecule has 2 heterocycles. The highest BCUT2D eigenvalue weighted by Crippen LogP contribution is 2.53. The van der Waals surface area contributed by atoms with Crippen LogP contribution < -0.4 is 0 Å². The van der Waals surface area contributed by atoms with Gasteiger partial charge >= 0.3 is 0 Å². The van der Waals surface area contributed by atoms with Crippen molar-refractivity contribution in [2.45, 2.75) is 12.3 Å². The minimum absolute atomic E-state index is 0.246. The van der Waals surface area contributed by atoms with Crippen molar-refractivity contribution in [2.24, 2.45) is 0 Å². The number of aromatic nitrogens is 2. The summed E-state index contributed by atoms with van der Waals surface area (Å²) >= 11 is 0. The van der Waals surface area contributed by atoms with Gasteiger partial charge in [0.15, 0.2) is 5.82 Å². The van der Waals surface area contributed by atoms with Crippen LogP contribution in [0, 0.1) is 0 Å². The molecule has 3 nitrogen and oxygen atoms in total. The van der Waals surface area contributed by atoms with Gasteiger partial charge in [-0.15, -0.1) is 0 Å². The van der Waals surface area contributed by atoms with Crippen molar-refractivity contribution in [3.8, 4) is 67.3 Å². The average Bonchev–Trinajstić information content (AvgIpc) is 3.80. The van der Waals surface area contributed by atoms with Gasteiger partial charge in [0.25, 0.3) is 0 Å². The Balaban J connectivity index is 0.991. The van der Waals surface area contributed by atoms with Gasteiger partial charge in [-0.25, -0.2) is 9.97 Å². The maximum Gasteiger partial charge on any atom is 0.160 e. The van der Waals surface area contributed by atoms with E-state index in [1.54, 1.807) is 0 Å². The SMILES string of the molecule is CC1(c2ccccc2)c2ccccc2-c2ccc(-c3ccc(-c4cc(-c5cccc(-c6cccc7oc8ccccc8c67)c5)nc(-c5ccccc5)n4)cc3)cc21. The molecule has 1 aliphatic carbocycles. The summed E-state index contributed by atoms with van der Waals surface area (Å²) in [5.74, 6) is 0.693. The Kier molecular flexibility index (Phi) is 7.61. The molecule has 10 aromatic rings. The molecular formula is C54H36N2O. The lowest BCUT2D eigenvalue weighted by atomic mass is 9.74. The number of fused-ring (bicyclic) bond motifs is 6. The molecular weight excluding hydrogens is 693 g/mol. The zero-order valence-corrected chi connectivity index (χ0v) is 31.4. The summed E-state index contributed by atoms with van der Waals surface area (Å²) in [7, 11) is 0. The topological polar surface area (TPSA) is 38.9 Å². The van der Waals surface area contributed by atoms with Crippen molar-refractivity contribution in [2.75, 3.05) is 0 Å². The molecule has 0 aliphatic heterocycles. The predicted molar refractivity (Wildman–Crippen MR) is 234 cm³/mol. The fourth-order valence-electron chi connectivity index (χ4n) is 8.91. The number of hydrogen-bond donors (Lipinski definition) is 0. The van der Waals surface area contributed by atoms with E-state index < -0.39 is 0 Å². The smallest absolute Gasteiger partial charge is 0.160 e. The van der Waals surface area contributed by atoms with Crippen LogP contribution in [0.15, 0.2) is 205 Å². The quantitative estimate of drug-likeness (QED) is 0.171. The molecule has 0 bridgehead atoms. The van der Waals surface area contributed by atoms with Crippen LogP contribution in [-0.4, -0.2) is 9.97 Å². The van der Waals surface area contributed by atoms with E-state index in [4.69, 9.17) is 14.4 Å². The van der Waals surface area contributed by atoms with Gasteiger partial charge in [0.05, 0.1) is 11.4 Å². The maximum absolute atomic E-state index is 6.24. The molecule has 1 unspecified atom stereocenters. The van der Waals surface area contributed by atoms with Crippen molar-refractivity contribution in [3.63, 3.8) is 0 Å². The van der Waals surface area contributed by atoms with Gasteiger partial charge in [-0.1, -0.05) is 170 Å². The highest BCUT2D eigenvalue weighted by atomic mass is 16.3.